The van der Waals surface area contributed by atoms with Crippen LogP contribution in [0.15, 0.2) is 0 Å². The van der Waals surface area contributed by atoms with Gasteiger partial charge in [-0.1, -0.05) is 20.8 Å². The van der Waals surface area contributed by atoms with E-state index in [1.807, 2.05) is 0 Å². The van der Waals surface area contributed by atoms with Crippen LogP contribution >= 0.6 is 0 Å². The number of hydrogen-bond donors (Lipinski definition) is 0. The molecule has 7 atom stereocenters. The molecule has 5 nitrogen and oxygen atoms in total. The summed E-state index contributed by atoms with van der Waals surface area (Å²) in [6, 6.07) is 0. The minimum atomic E-state index is -6.55. The highest BCUT2D eigenvalue weighted by Crippen LogP contribution is 2.63. The fraction of sp³-hybridized carbons (Fsp3) is 1.00. The molecule has 62 heavy (non-hydrogen) atoms. The van der Waals surface area contributed by atoms with Gasteiger partial charge in [0.05, 0.1) is 12.8 Å². The van der Waals surface area contributed by atoms with E-state index in [1.165, 1.54) is 0 Å². The Balaban J connectivity index is 0.000000468. The van der Waals surface area contributed by atoms with Gasteiger partial charge in [-0.3, -0.25) is 14.2 Å². The van der Waals surface area contributed by atoms with Crippen molar-refractivity contribution in [2.45, 2.75) is 181 Å². The first-order chi connectivity index (χ1) is 26.6. The summed E-state index contributed by atoms with van der Waals surface area (Å²) in [5.41, 5.74) is -13.2. The summed E-state index contributed by atoms with van der Waals surface area (Å²) in [5.74, 6) is -39.3. The summed E-state index contributed by atoms with van der Waals surface area (Å²) in [7, 11) is 0. The van der Waals surface area contributed by atoms with Crippen LogP contribution in [-0.2, 0) is 23.7 Å². The zero-order chi connectivity index (χ0) is 50.3. The summed E-state index contributed by atoms with van der Waals surface area (Å²) in [4.78, 5) is 0. The second kappa shape index (κ2) is 16.0. The van der Waals surface area contributed by atoms with Gasteiger partial charge in [0.1, 0.15) is 0 Å². The quantitative estimate of drug-likeness (QED) is 0.238. The van der Waals surface area contributed by atoms with E-state index in [9.17, 15) is 123 Å². The predicted octanol–water partition coefficient (Wildman–Crippen LogP) is 13.4. The van der Waals surface area contributed by atoms with Gasteiger partial charge in [-0.15, -0.1) is 13.2 Å². The van der Waals surface area contributed by atoms with Crippen LogP contribution in [0.2, 0.25) is 0 Å². The van der Waals surface area contributed by atoms with Crippen LogP contribution in [0.3, 0.4) is 0 Å². The highest BCUT2D eigenvalue weighted by molar-refractivity contribution is 5.11. The van der Waals surface area contributed by atoms with Crippen molar-refractivity contribution in [3.63, 3.8) is 0 Å². The first-order valence-electron chi connectivity index (χ1n) is 16.4. The molecule has 3 fully saturated rings. The fourth-order valence-corrected chi connectivity index (χ4v) is 5.37. The van der Waals surface area contributed by atoms with E-state index >= 15 is 0 Å². The van der Waals surface area contributed by atoms with E-state index in [0.717, 1.165) is 6.92 Å². The maximum atomic E-state index is 14.3. The van der Waals surface area contributed by atoms with Crippen molar-refractivity contribution in [3.05, 3.63) is 0 Å². The smallest absolute Gasteiger partial charge is 0.298 e. The molecule has 372 valence electrons. The van der Waals surface area contributed by atoms with Crippen LogP contribution in [0.5, 0.6) is 0 Å². The van der Waals surface area contributed by atoms with E-state index in [4.69, 9.17) is 0 Å². The van der Waals surface area contributed by atoms with Gasteiger partial charge >= 0.3 is 60.5 Å². The van der Waals surface area contributed by atoms with E-state index in [-0.39, 0.29) is 20.8 Å². The SMILES string of the molecule is CCC1(F)CC(F)(C(C)(F)F)C(F)(F)OC1(F)F.CCC1(F)CC(F)(C(C)(F)F)OC(C(F)(F)F)(C(F)(F)F)O1.CCC1(F)CC(F)(C(C)(F)F)OC(F)(F)C1(F)OC(F)(F)F. The van der Waals surface area contributed by atoms with Crippen molar-refractivity contribution < 1.29 is 147 Å². The molecule has 0 radical (unpaired) electrons. The van der Waals surface area contributed by atoms with Gasteiger partial charge in [-0.2, -0.15) is 57.1 Å². The van der Waals surface area contributed by atoms with Crippen LogP contribution in [0.1, 0.15) is 80.1 Å². The molecule has 0 aliphatic carbocycles. The fourth-order valence-electron chi connectivity index (χ4n) is 5.37. The Kier molecular flexibility index (Phi) is 15.0. The third-order valence-electron chi connectivity index (χ3n) is 9.29. The highest BCUT2D eigenvalue weighted by atomic mass is 19.4. The molecule has 0 aromatic heterocycles. The lowest BCUT2D eigenvalue weighted by Crippen LogP contribution is -2.73. The van der Waals surface area contributed by atoms with Crippen molar-refractivity contribution >= 4 is 0 Å². The topological polar surface area (TPSA) is 46.2 Å². The Morgan fingerprint density at radius 1 is 0.419 bits per heavy atom. The Labute approximate surface area is 328 Å². The van der Waals surface area contributed by atoms with E-state index in [1.54, 1.807) is 0 Å². The summed E-state index contributed by atoms with van der Waals surface area (Å²) >= 11 is 0. The first-order valence-corrected chi connectivity index (χ1v) is 16.4. The number of hydrogen-bond acceptors (Lipinski definition) is 5. The first kappa shape index (κ1) is 57.9. The van der Waals surface area contributed by atoms with Crippen molar-refractivity contribution in [2.75, 3.05) is 0 Å². The van der Waals surface area contributed by atoms with Crippen LogP contribution in [0, 0.1) is 0 Å². The Hall–Kier alpha value is -2.16. The largest absolute Gasteiger partial charge is 0.525 e. The number of alkyl halides is 28. The molecule has 0 saturated carbocycles. The Bertz CT molecular complexity index is 1540. The number of rotatable bonds is 7. The maximum absolute atomic E-state index is 14.3. The maximum Gasteiger partial charge on any atom is 0.525 e. The van der Waals surface area contributed by atoms with Gasteiger partial charge in [-0.25, -0.2) is 62.2 Å². The van der Waals surface area contributed by atoms with Gasteiger partial charge < -0.3 is 0 Å². The van der Waals surface area contributed by atoms with Crippen molar-refractivity contribution in [3.8, 4) is 0 Å². The standard InChI is InChI=1S/2C10H10F10O2.C9H10F8O/c1-3-6(13)4-7(14,5(2,11)12)22-8(21-6,9(15,16)17)10(18,19)20;1-3-6(13)4-7(14,5(2,11)12)21-9(16,17)8(6,15)22-10(18,19)20;1-3-6(12)4-7(13,5(2,10)11)9(16,17)18-8(6,14)15/h2*3-4H2,1-2H3;3-4H2,1-2H3. The molecule has 0 N–H and O–H groups in total. The minimum Gasteiger partial charge on any atom is -0.298 e. The lowest BCUT2D eigenvalue weighted by molar-refractivity contribution is -0.564. The highest BCUT2D eigenvalue weighted by Gasteiger charge is 2.85. The Morgan fingerprint density at radius 2 is 0.806 bits per heavy atom. The molecule has 3 aliphatic rings. The molecule has 3 heterocycles. The molecule has 33 heteroatoms. The number of ether oxygens (including phenoxy) is 5. The molecule has 0 amide bonds. The summed E-state index contributed by atoms with van der Waals surface area (Å²) in [6.07, 6.45) is -46.6. The average molecular weight is 990 g/mol. The van der Waals surface area contributed by atoms with E-state index in [0.29, 0.717) is 13.8 Å². The lowest BCUT2D eigenvalue weighted by atomic mass is 9.80. The van der Waals surface area contributed by atoms with Crippen LogP contribution < -0.4 is 0 Å². The van der Waals surface area contributed by atoms with Gasteiger partial charge in [0.25, 0.3) is 23.3 Å². The van der Waals surface area contributed by atoms with Crippen molar-refractivity contribution in [1.29, 1.82) is 0 Å². The second-order valence-electron chi connectivity index (χ2n) is 14.0. The third kappa shape index (κ3) is 10.1. The molecule has 0 aromatic carbocycles. The molecule has 3 aliphatic heterocycles. The minimum absolute atomic E-state index is 0.246. The lowest BCUT2D eigenvalue weighted by Gasteiger charge is -2.51. The Morgan fingerprint density at radius 3 is 1.11 bits per heavy atom. The second-order valence-corrected chi connectivity index (χ2v) is 14.0. The van der Waals surface area contributed by atoms with Gasteiger partial charge in [0, 0.05) is 33.6 Å². The normalized spacial score (nSPS) is 37.6. The zero-order valence-corrected chi connectivity index (χ0v) is 31.4. The van der Waals surface area contributed by atoms with Crippen molar-refractivity contribution in [1.82, 2.24) is 0 Å². The molecule has 0 spiro atoms. The summed E-state index contributed by atoms with van der Waals surface area (Å²) in [5, 5.41) is 0. The molecular formula is C29H30F28O5. The predicted molar refractivity (Wildman–Crippen MR) is 145 cm³/mol. The average Bonchev–Trinajstić information content (AvgIpc) is 2.99. The van der Waals surface area contributed by atoms with Crippen LogP contribution in [0.4, 0.5) is 123 Å². The van der Waals surface area contributed by atoms with Gasteiger partial charge in [-0.05, 0) is 12.8 Å². The summed E-state index contributed by atoms with van der Waals surface area (Å²) < 4.78 is 382. The van der Waals surface area contributed by atoms with Crippen LogP contribution in [0.25, 0.3) is 0 Å². The van der Waals surface area contributed by atoms with E-state index in [2.05, 4.69) is 23.7 Å². The van der Waals surface area contributed by atoms with Gasteiger partial charge in [0.2, 0.25) is 11.5 Å². The third-order valence-corrected chi connectivity index (χ3v) is 9.29. The van der Waals surface area contributed by atoms with E-state index < -0.39 is 140 Å². The molecule has 3 saturated heterocycles. The molecule has 0 bridgehead atoms. The van der Waals surface area contributed by atoms with Gasteiger partial charge in [0.15, 0.2) is 5.67 Å². The number of halogens is 28. The zero-order valence-electron chi connectivity index (χ0n) is 31.4. The van der Waals surface area contributed by atoms with Crippen molar-refractivity contribution in [2.24, 2.45) is 0 Å². The molecule has 3 rings (SSSR count). The molecule has 7 unspecified atom stereocenters. The molecular weight excluding hydrogens is 960 g/mol. The van der Waals surface area contributed by atoms with Crippen LogP contribution in [-0.4, -0.2) is 101 Å². The summed E-state index contributed by atoms with van der Waals surface area (Å²) in [6.45, 7) is 1.21. The molecule has 0 aromatic rings. The monoisotopic (exact) mass is 990 g/mol.